The number of carbonyl (C=O) groups excluding carboxylic acids is 1. The van der Waals surface area contributed by atoms with Crippen LogP contribution in [0.25, 0.3) is 0 Å². The maximum atomic E-state index is 11.9. The molecule has 1 fully saturated rings. The van der Waals surface area contributed by atoms with Crippen LogP contribution >= 0.6 is 0 Å². The maximum absolute atomic E-state index is 11.9. The van der Waals surface area contributed by atoms with E-state index in [0.29, 0.717) is 6.04 Å². The molecule has 21 heavy (non-hydrogen) atoms. The number of unbranched alkanes of at least 4 members (excludes halogenated alkanes) is 1. The molecule has 2 atom stereocenters. The van der Waals surface area contributed by atoms with Gasteiger partial charge < -0.3 is 15.2 Å². The first-order valence-corrected chi connectivity index (χ1v) is 8.28. The molecule has 0 bridgehead atoms. The molecule has 0 aromatic carbocycles. The minimum atomic E-state index is -0.000570. The highest BCUT2D eigenvalue weighted by Crippen LogP contribution is 2.26. The highest BCUT2D eigenvalue weighted by atomic mass is 16.2. The highest BCUT2D eigenvalue weighted by molar-refractivity contribution is 5.74. The van der Waals surface area contributed by atoms with Crippen molar-refractivity contribution >= 4 is 6.03 Å². The number of hydrogen-bond acceptors (Lipinski definition) is 2. The van der Waals surface area contributed by atoms with E-state index in [-0.39, 0.29) is 6.03 Å². The summed E-state index contributed by atoms with van der Waals surface area (Å²) in [7, 11) is 0. The molecule has 2 amide bonds. The van der Waals surface area contributed by atoms with Crippen LogP contribution in [0.5, 0.6) is 0 Å². The zero-order valence-corrected chi connectivity index (χ0v) is 13.1. The van der Waals surface area contributed by atoms with Crippen molar-refractivity contribution in [2.45, 2.75) is 64.5 Å². The molecule has 118 valence electrons. The predicted octanol–water partition coefficient (Wildman–Crippen LogP) is 2.93. The summed E-state index contributed by atoms with van der Waals surface area (Å²) in [4.78, 5) is 15.9. The van der Waals surface area contributed by atoms with Gasteiger partial charge in [-0.05, 0) is 31.6 Å². The standard InChI is InChI=1S/C16H28N4O/c1-2-14-6-5-7-15(12-14)19-16(21)18-8-3-4-10-20-11-9-17-13-20/h9,11,13-15H,2-8,10,12H2,1H3,(H2,18,19,21). The Hall–Kier alpha value is -1.52. The maximum Gasteiger partial charge on any atom is 0.315 e. The summed E-state index contributed by atoms with van der Waals surface area (Å²) in [6.45, 7) is 3.95. The third kappa shape index (κ3) is 5.78. The zero-order valence-electron chi connectivity index (χ0n) is 13.1. The summed E-state index contributed by atoms with van der Waals surface area (Å²) < 4.78 is 2.06. The molecule has 0 spiro atoms. The number of aryl methyl sites for hydroxylation is 1. The molecule has 0 aliphatic heterocycles. The molecule has 2 N–H and O–H groups in total. The van der Waals surface area contributed by atoms with Crippen LogP contribution in [0.15, 0.2) is 18.7 Å². The van der Waals surface area contributed by atoms with Gasteiger partial charge in [0, 0.05) is 31.5 Å². The molecule has 5 heteroatoms. The summed E-state index contributed by atoms with van der Waals surface area (Å²) in [6, 6.07) is 0.369. The molecular weight excluding hydrogens is 264 g/mol. The predicted molar refractivity (Wildman–Crippen MR) is 84.0 cm³/mol. The van der Waals surface area contributed by atoms with Crippen molar-refractivity contribution in [2.24, 2.45) is 5.92 Å². The van der Waals surface area contributed by atoms with Crippen LogP contribution < -0.4 is 10.6 Å². The van der Waals surface area contributed by atoms with Crippen LogP contribution in [-0.4, -0.2) is 28.2 Å². The quantitative estimate of drug-likeness (QED) is 0.759. The van der Waals surface area contributed by atoms with Crippen LogP contribution in [0.3, 0.4) is 0 Å². The highest BCUT2D eigenvalue weighted by Gasteiger charge is 2.21. The van der Waals surface area contributed by atoms with Crippen molar-refractivity contribution in [1.29, 1.82) is 0 Å². The van der Waals surface area contributed by atoms with Crippen molar-refractivity contribution in [2.75, 3.05) is 6.54 Å². The van der Waals surface area contributed by atoms with Gasteiger partial charge in [-0.2, -0.15) is 0 Å². The van der Waals surface area contributed by atoms with E-state index in [1.165, 1.54) is 19.3 Å². The van der Waals surface area contributed by atoms with Crippen LogP contribution in [0, 0.1) is 5.92 Å². The van der Waals surface area contributed by atoms with Crippen LogP contribution in [-0.2, 0) is 6.54 Å². The normalized spacial score (nSPS) is 22.0. The van der Waals surface area contributed by atoms with Gasteiger partial charge in [0.1, 0.15) is 0 Å². The SMILES string of the molecule is CCC1CCCC(NC(=O)NCCCCn2ccnc2)C1. The lowest BCUT2D eigenvalue weighted by atomic mass is 9.84. The van der Waals surface area contributed by atoms with Gasteiger partial charge in [0.05, 0.1) is 6.33 Å². The van der Waals surface area contributed by atoms with Crippen molar-refractivity contribution < 1.29 is 4.79 Å². The number of nitrogens with zero attached hydrogens (tertiary/aromatic N) is 2. The largest absolute Gasteiger partial charge is 0.338 e. The number of nitrogens with one attached hydrogen (secondary N) is 2. The zero-order chi connectivity index (χ0) is 14.9. The molecule has 1 saturated carbocycles. The third-order valence-corrected chi connectivity index (χ3v) is 4.38. The molecular formula is C16H28N4O. The van der Waals surface area contributed by atoms with Gasteiger partial charge in [0.2, 0.25) is 0 Å². The van der Waals surface area contributed by atoms with Gasteiger partial charge in [-0.3, -0.25) is 0 Å². The lowest BCUT2D eigenvalue weighted by Crippen LogP contribution is -2.44. The molecule has 1 aromatic heterocycles. The first kappa shape index (κ1) is 15.9. The van der Waals surface area contributed by atoms with E-state index in [4.69, 9.17) is 0 Å². The second kappa shape index (κ2) is 8.70. The van der Waals surface area contributed by atoms with Crippen LogP contribution in [0.1, 0.15) is 51.9 Å². The van der Waals surface area contributed by atoms with Crippen molar-refractivity contribution in [3.05, 3.63) is 18.7 Å². The van der Waals surface area contributed by atoms with Gasteiger partial charge >= 0.3 is 6.03 Å². The Morgan fingerprint density at radius 3 is 3.05 bits per heavy atom. The number of hydrogen-bond donors (Lipinski definition) is 2. The first-order valence-electron chi connectivity index (χ1n) is 8.28. The second-order valence-corrected chi connectivity index (χ2v) is 6.05. The number of aromatic nitrogens is 2. The number of amides is 2. The second-order valence-electron chi connectivity index (χ2n) is 6.05. The van der Waals surface area contributed by atoms with Gasteiger partial charge in [-0.15, -0.1) is 0 Å². The lowest BCUT2D eigenvalue weighted by molar-refractivity contribution is 0.224. The van der Waals surface area contributed by atoms with E-state index in [1.54, 1.807) is 6.20 Å². The van der Waals surface area contributed by atoms with E-state index in [1.807, 2.05) is 12.5 Å². The fourth-order valence-electron chi connectivity index (χ4n) is 3.07. The Kier molecular flexibility index (Phi) is 6.57. The Morgan fingerprint density at radius 1 is 1.38 bits per heavy atom. The fraction of sp³-hybridized carbons (Fsp3) is 0.750. The summed E-state index contributed by atoms with van der Waals surface area (Å²) in [5, 5.41) is 6.09. The van der Waals surface area contributed by atoms with E-state index < -0.39 is 0 Å². The number of carbonyl (C=O) groups is 1. The molecule has 0 radical (unpaired) electrons. The Bertz CT molecular complexity index is 404. The first-order chi connectivity index (χ1) is 10.3. The summed E-state index contributed by atoms with van der Waals surface area (Å²) in [5.74, 6) is 0.791. The average molecular weight is 292 g/mol. The Balaban J connectivity index is 1.53. The lowest BCUT2D eigenvalue weighted by Gasteiger charge is -2.29. The molecule has 2 unspecified atom stereocenters. The number of urea groups is 1. The minimum absolute atomic E-state index is 0.000570. The van der Waals surface area contributed by atoms with Gasteiger partial charge in [-0.25, -0.2) is 9.78 Å². The average Bonchev–Trinajstić information content (AvgIpc) is 3.00. The van der Waals surface area contributed by atoms with Crippen molar-refractivity contribution in [1.82, 2.24) is 20.2 Å². The van der Waals surface area contributed by atoms with Crippen LogP contribution in [0.4, 0.5) is 4.79 Å². The Labute approximate surface area is 127 Å². The van der Waals surface area contributed by atoms with E-state index in [0.717, 1.165) is 44.7 Å². The van der Waals surface area contributed by atoms with E-state index in [2.05, 4.69) is 27.1 Å². The molecule has 1 aromatic rings. The third-order valence-electron chi connectivity index (χ3n) is 4.38. The number of imidazole rings is 1. The topological polar surface area (TPSA) is 59.0 Å². The minimum Gasteiger partial charge on any atom is -0.338 e. The van der Waals surface area contributed by atoms with Crippen LogP contribution in [0.2, 0.25) is 0 Å². The summed E-state index contributed by atoms with van der Waals surface area (Å²) in [6.07, 6.45) is 13.7. The monoisotopic (exact) mass is 292 g/mol. The van der Waals surface area contributed by atoms with Gasteiger partial charge in [-0.1, -0.05) is 26.2 Å². The molecule has 2 rings (SSSR count). The molecule has 5 nitrogen and oxygen atoms in total. The molecule has 1 aliphatic carbocycles. The fourth-order valence-corrected chi connectivity index (χ4v) is 3.07. The summed E-state index contributed by atoms with van der Waals surface area (Å²) in [5.41, 5.74) is 0. The van der Waals surface area contributed by atoms with Gasteiger partial charge in [0.15, 0.2) is 0 Å². The van der Waals surface area contributed by atoms with E-state index in [9.17, 15) is 4.79 Å². The Morgan fingerprint density at radius 2 is 2.29 bits per heavy atom. The number of rotatable bonds is 7. The smallest absolute Gasteiger partial charge is 0.315 e. The van der Waals surface area contributed by atoms with Gasteiger partial charge in [0.25, 0.3) is 0 Å². The summed E-state index contributed by atoms with van der Waals surface area (Å²) >= 11 is 0. The molecule has 0 saturated heterocycles. The molecule has 1 heterocycles. The van der Waals surface area contributed by atoms with Crippen molar-refractivity contribution in [3.8, 4) is 0 Å². The van der Waals surface area contributed by atoms with E-state index >= 15 is 0 Å². The molecule has 1 aliphatic rings. The van der Waals surface area contributed by atoms with Crippen molar-refractivity contribution in [3.63, 3.8) is 0 Å².